The lowest BCUT2D eigenvalue weighted by molar-refractivity contribution is -0.139. The maximum Gasteiger partial charge on any atom is 0.268 e. The monoisotopic (exact) mass is 361 g/mol. The van der Waals surface area contributed by atoms with E-state index in [2.05, 4.69) is 0 Å². The molecule has 1 heterocycles. The quantitative estimate of drug-likeness (QED) is 0.789. The molecule has 0 bridgehead atoms. The maximum absolute atomic E-state index is 13.2. The third-order valence-corrected chi connectivity index (χ3v) is 5.78. The molecule has 1 N–H and O–H groups in total. The fourth-order valence-electron chi connectivity index (χ4n) is 3.57. The largest absolute Gasteiger partial charge is 0.496 e. The van der Waals surface area contributed by atoms with Gasteiger partial charge in [-0.15, -0.1) is 11.8 Å². The summed E-state index contributed by atoms with van der Waals surface area (Å²) in [5.74, 6) is 0.496. The Hall–Kier alpha value is -1.79. The Balaban J connectivity index is 2.02. The van der Waals surface area contributed by atoms with E-state index in [1.54, 1.807) is 13.2 Å². The van der Waals surface area contributed by atoms with E-state index < -0.39 is 0 Å². The van der Waals surface area contributed by atoms with Crippen LogP contribution in [0, 0.1) is 0 Å². The molecule has 1 aliphatic heterocycles. The highest BCUT2D eigenvalue weighted by Crippen LogP contribution is 2.41. The smallest absolute Gasteiger partial charge is 0.268 e. The van der Waals surface area contributed by atoms with Crippen molar-refractivity contribution in [2.45, 2.75) is 38.1 Å². The van der Waals surface area contributed by atoms with Gasteiger partial charge >= 0.3 is 0 Å². The van der Waals surface area contributed by atoms with Gasteiger partial charge in [0.25, 0.3) is 11.8 Å². The fourth-order valence-corrected chi connectivity index (χ4v) is 4.43. The number of aliphatic hydroxyl groups is 1. The van der Waals surface area contributed by atoms with E-state index in [1.807, 2.05) is 18.2 Å². The lowest BCUT2D eigenvalue weighted by Crippen LogP contribution is -2.42. The van der Waals surface area contributed by atoms with Gasteiger partial charge in [-0.3, -0.25) is 14.5 Å². The third kappa shape index (κ3) is 3.46. The summed E-state index contributed by atoms with van der Waals surface area (Å²) in [6.45, 7) is -0.0434. The van der Waals surface area contributed by atoms with Crippen LogP contribution in [0.15, 0.2) is 29.2 Å². The topological polar surface area (TPSA) is 66.8 Å². The van der Waals surface area contributed by atoms with Gasteiger partial charge in [-0.1, -0.05) is 37.5 Å². The number of hydrogen-bond acceptors (Lipinski definition) is 5. The first-order valence-corrected chi connectivity index (χ1v) is 9.66. The third-order valence-electron chi connectivity index (χ3n) is 4.73. The summed E-state index contributed by atoms with van der Waals surface area (Å²) >= 11 is 1.25. The first kappa shape index (κ1) is 18.0. The molecular formula is C19H23NO4S. The summed E-state index contributed by atoms with van der Waals surface area (Å²) in [5, 5.41) is 9.17. The lowest BCUT2D eigenvalue weighted by atomic mass is 9.94. The van der Waals surface area contributed by atoms with Gasteiger partial charge in [0.05, 0.1) is 24.2 Å². The number of carbonyl (C=O) groups is 2. The molecular weight excluding hydrogens is 338 g/mol. The molecule has 0 aromatic heterocycles. The van der Waals surface area contributed by atoms with E-state index in [-0.39, 0.29) is 24.5 Å². The van der Waals surface area contributed by atoms with Crippen LogP contribution in [-0.2, 0) is 9.59 Å². The summed E-state index contributed by atoms with van der Waals surface area (Å²) < 4.78 is 5.40. The average molecular weight is 361 g/mol. The first-order valence-electron chi connectivity index (χ1n) is 8.68. The van der Waals surface area contributed by atoms with Crippen LogP contribution in [0.4, 0.5) is 0 Å². The highest BCUT2D eigenvalue weighted by Gasteiger charge is 2.43. The van der Waals surface area contributed by atoms with Gasteiger partial charge in [-0.2, -0.15) is 0 Å². The highest BCUT2D eigenvalue weighted by atomic mass is 32.2. The van der Waals surface area contributed by atoms with Crippen molar-refractivity contribution in [1.29, 1.82) is 0 Å². The Kier molecular flexibility index (Phi) is 5.81. The predicted molar refractivity (Wildman–Crippen MR) is 98.2 cm³/mol. The van der Waals surface area contributed by atoms with Crippen LogP contribution in [0.1, 0.15) is 37.7 Å². The number of methoxy groups -OCH3 is 1. The SMILES string of the molecule is COc1ccccc1C1=C(SCCO)C(=O)N(C2CCCCC2)C1=O. The Bertz CT molecular complexity index is 694. The van der Waals surface area contributed by atoms with Crippen LogP contribution >= 0.6 is 11.8 Å². The zero-order valence-electron chi connectivity index (χ0n) is 14.4. The fraction of sp³-hybridized carbons (Fsp3) is 0.474. The molecule has 1 fully saturated rings. The molecule has 1 aromatic rings. The van der Waals surface area contributed by atoms with E-state index in [0.29, 0.717) is 27.5 Å². The standard InChI is InChI=1S/C19H23NO4S/c1-24-15-10-6-5-9-14(15)16-17(25-12-11-21)19(23)20(18(16)22)13-7-3-2-4-8-13/h5-6,9-10,13,21H,2-4,7-8,11-12H2,1H3. The van der Waals surface area contributed by atoms with Crippen molar-refractivity contribution >= 4 is 29.1 Å². The number of imide groups is 1. The summed E-state index contributed by atoms with van der Waals surface area (Å²) in [6.07, 6.45) is 4.99. The van der Waals surface area contributed by atoms with Crippen LogP contribution in [0.2, 0.25) is 0 Å². The summed E-state index contributed by atoms with van der Waals surface area (Å²) in [6, 6.07) is 7.25. The molecule has 1 aliphatic carbocycles. The van der Waals surface area contributed by atoms with Crippen molar-refractivity contribution in [3.05, 3.63) is 34.7 Å². The number of benzene rings is 1. The predicted octanol–water partition coefficient (Wildman–Crippen LogP) is 2.83. The van der Waals surface area contributed by atoms with Crippen LogP contribution in [0.3, 0.4) is 0 Å². The van der Waals surface area contributed by atoms with Gasteiger partial charge in [-0.05, 0) is 18.9 Å². The van der Waals surface area contributed by atoms with E-state index in [0.717, 1.165) is 32.1 Å². The van der Waals surface area contributed by atoms with Crippen LogP contribution < -0.4 is 4.74 Å². The second kappa shape index (κ2) is 8.06. The number of aliphatic hydroxyl groups excluding tert-OH is 1. The van der Waals surface area contributed by atoms with Gasteiger partial charge in [0.1, 0.15) is 5.75 Å². The van der Waals surface area contributed by atoms with E-state index in [1.165, 1.54) is 16.7 Å². The minimum Gasteiger partial charge on any atom is -0.496 e. The summed E-state index contributed by atoms with van der Waals surface area (Å²) in [7, 11) is 1.56. The normalized spacial score (nSPS) is 19.0. The zero-order chi connectivity index (χ0) is 17.8. The number of hydrogen-bond donors (Lipinski definition) is 1. The molecule has 1 aromatic carbocycles. The van der Waals surface area contributed by atoms with Crippen molar-refractivity contribution < 1.29 is 19.4 Å². The minimum absolute atomic E-state index is 0.0225. The number of rotatable bonds is 6. The number of para-hydroxylation sites is 1. The van der Waals surface area contributed by atoms with Crippen molar-refractivity contribution in [3.63, 3.8) is 0 Å². The van der Waals surface area contributed by atoms with Gasteiger partial charge in [0.15, 0.2) is 0 Å². The highest BCUT2D eigenvalue weighted by molar-refractivity contribution is 8.04. The van der Waals surface area contributed by atoms with Crippen molar-refractivity contribution in [3.8, 4) is 5.75 Å². The lowest BCUT2D eigenvalue weighted by Gasteiger charge is -2.30. The average Bonchev–Trinajstić information content (AvgIpc) is 2.90. The Morgan fingerprint density at radius 3 is 2.56 bits per heavy atom. The summed E-state index contributed by atoms with van der Waals surface area (Å²) in [5.41, 5.74) is 1.05. The number of thioether (sulfide) groups is 1. The molecule has 6 heteroatoms. The minimum atomic E-state index is -0.234. The molecule has 2 amide bonds. The van der Waals surface area contributed by atoms with Gasteiger partial charge in [0.2, 0.25) is 0 Å². The van der Waals surface area contributed by atoms with Crippen molar-refractivity contribution in [2.75, 3.05) is 19.5 Å². The van der Waals surface area contributed by atoms with Gasteiger partial charge in [0, 0.05) is 17.4 Å². The molecule has 0 unspecified atom stereocenters. The van der Waals surface area contributed by atoms with E-state index >= 15 is 0 Å². The first-order chi connectivity index (χ1) is 12.2. The van der Waals surface area contributed by atoms with Gasteiger partial charge < -0.3 is 9.84 Å². The molecule has 5 nitrogen and oxygen atoms in total. The van der Waals surface area contributed by atoms with Gasteiger partial charge in [-0.25, -0.2) is 0 Å². The Morgan fingerprint density at radius 2 is 1.88 bits per heavy atom. The Labute approximate surface area is 152 Å². The second-order valence-electron chi connectivity index (χ2n) is 6.25. The molecule has 1 saturated carbocycles. The van der Waals surface area contributed by atoms with Crippen LogP contribution in [0.5, 0.6) is 5.75 Å². The zero-order valence-corrected chi connectivity index (χ0v) is 15.2. The molecule has 0 saturated heterocycles. The second-order valence-corrected chi connectivity index (χ2v) is 7.35. The number of carbonyl (C=O) groups excluding carboxylic acids is 2. The molecule has 0 atom stereocenters. The molecule has 0 spiro atoms. The molecule has 2 aliphatic rings. The Morgan fingerprint density at radius 1 is 1.16 bits per heavy atom. The number of amides is 2. The maximum atomic E-state index is 13.2. The van der Waals surface area contributed by atoms with Crippen LogP contribution in [0.25, 0.3) is 5.57 Å². The molecule has 3 rings (SSSR count). The molecule has 0 radical (unpaired) electrons. The summed E-state index contributed by atoms with van der Waals surface area (Å²) in [4.78, 5) is 28.1. The number of ether oxygens (including phenoxy) is 1. The van der Waals surface area contributed by atoms with Crippen molar-refractivity contribution in [1.82, 2.24) is 4.90 Å². The molecule has 134 valence electrons. The van der Waals surface area contributed by atoms with Crippen molar-refractivity contribution in [2.24, 2.45) is 0 Å². The number of nitrogens with zero attached hydrogens (tertiary/aromatic N) is 1. The van der Waals surface area contributed by atoms with E-state index in [4.69, 9.17) is 4.74 Å². The van der Waals surface area contributed by atoms with Crippen LogP contribution in [-0.4, -0.2) is 47.3 Å². The van der Waals surface area contributed by atoms with E-state index in [9.17, 15) is 14.7 Å². The molecule has 25 heavy (non-hydrogen) atoms.